The summed E-state index contributed by atoms with van der Waals surface area (Å²) in [5.41, 5.74) is 0. The average Bonchev–Trinajstić information content (AvgIpc) is 2.75. The fourth-order valence-corrected chi connectivity index (χ4v) is 4.80. The maximum atomic E-state index is 13.5. The number of sulfone groups is 1. The van der Waals surface area contributed by atoms with Crippen molar-refractivity contribution in [2.45, 2.75) is 43.0 Å². The molecule has 0 saturated carbocycles. The molecule has 0 aliphatic carbocycles. The molecule has 2 heterocycles. The predicted molar refractivity (Wildman–Crippen MR) is 83.4 cm³/mol. The molecular weight excluding hydrogens is 321 g/mol. The quantitative estimate of drug-likeness (QED) is 0.837. The van der Waals surface area contributed by atoms with Crippen molar-refractivity contribution in [3.8, 4) is 5.75 Å². The predicted octanol–water partition coefficient (Wildman–Crippen LogP) is 1.77. The number of hydrogen-bond acceptors (Lipinski definition) is 4. The van der Waals surface area contributed by atoms with Crippen LogP contribution < -0.4 is 4.74 Å². The summed E-state index contributed by atoms with van der Waals surface area (Å²) in [4.78, 5) is 14.2. The molecule has 2 atom stereocenters. The van der Waals surface area contributed by atoms with Crippen LogP contribution in [0.5, 0.6) is 5.75 Å². The number of carbonyl (C=O) groups is 1. The maximum absolute atomic E-state index is 13.5. The van der Waals surface area contributed by atoms with Crippen LogP contribution in [0.4, 0.5) is 4.39 Å². The molecule has 1 amide bonds. The highest BCUT2D eigenvalue weighted by atomic mass is 32.2. The van der Waals surface area contributed by atoms with Gasteiger partial charge in [-0.25, -0.2) is 12.8 Å². The number of hydrogen-bond donors (Lipinski definition) is 0. The molecule has 23 heavy (non-hydrogen) atoms. The second-order valence-corrected chi connectivity index (χ2v) is 8.65. The maximum Gasteiger partial charge on any atom is 0.261 e. The first-order valence-electron chi connectivity index (χ1n) is 7.73. The van der Waals surface area contributed by atoms with E-state index in [0.717, 1.165) is 12.8 Å². The lowest BCUT2D eigenvalue weighted by Gasteiger charge is -2.38. The van der Waals surface area contributed by atoms with Crippen LogP contribution in [0.1, 0.15) is 25.7 Å². The summed E-state index contributed by atoms with van der Waals surface area (Å²) >= 11 is 0. The summed E-state index contributed by atoms with van der Waals surface area (Å²) in [6.45, 7) is -0.225. The van der Waals surface area contributed by atoms with Crippen LogP contribution in [0.25, 0.3) is 0 Å². The van der Waals surface area contributed by atoms with Crippen molar-refractivity contribution in [2.75, 3.05) is 12.9 Å². The van der Waals surface area contributed by atoms with Crippen molar-refractivity contribution >= 4 is 15.7 Å². The van der Waals surface area contributed by atoms with Gasteiger partial charge in [0.05, 0.1) is 5.25 Å². The fraction of sp³-hybridized carbons (Fsp3) is 0.562. The molecule has 2 aliphatic heterocycles. The summed E-state index contributed by atoms with van der Waals surface area (Å²) in [6.07, 6.45) is 3.88. The monoisotopic (exact) mass is 341 g/mol. The number of halogens is 1. The van der Waals surface area contributed by atoms with E-state index < -0.39 is 15.7 Å². The van der Waals surface area contributed by atoms with Crippen molar-refractivity contribution in [3.63, 3.8) is 0 Å². The molecule has 2 unspecified atom stereocenters. The van der Waals surface area contributed by atoms with Gasteiger partial charge in [-0.1, -0.05) is 12.1 Å². The van der Waals surface area contributed by atoms with E-state index in [9.17, 15) is 17.6 Å². The molecule has 1 aromatic carbocycles. The third-order valence-electron chi connectivity index (χ3n) is 4.77. The summed E-state index contributed by atoms with van der Waals surface area (Å²) in [6, 6.07) is 5.86. The van der Waals surface area contributed by atoms with E-state index in [1.807, 2.05) is 0 Å². The molecule has 1 aromatic rings. The van der Waals surface area contributed by atoms with E-state index >= 15 is 0 Å². The minimum absolute atomic E-state index is 0.0507. The number of fused-ring (bicyclic) bond motifs is 2. The summed E-state index contributed by atoms with van der Waals surface area (Å²) in [5.74, 6) is -0.647. The van der Waals surface area contributed by atoms with Crippen molar-refractivity contribution in [2.24, 2.45) is 0 Å². The zero-order chi connectivity index (χ0) is 16.6. The molecule has 2 saturated heterocycles. The molecule has 7 heteroatoms. The molecule has 2 fully saturated rings. The molecule has 3 rings (SSSR count). The molecular formula is C16H20FNO4S. The largest absolute Gasteiger partial charge is 0.481 e. The second-order valence-electron chi connectivity index (χ2n) is 6.33. The Morgan fingerprint density at radius 2 is 1.87 bits per heavy atom. The van der Waals surface area contributed by atoms with Crippen LogP contribution in [0.3, 0.4) is 0 Å². The first-order valence-corrected chi connectivity index (χ1v) is 9.69. The first kappa shape index (κ1) is 16.2. The van der Waals surface area contributed by atoms with Crippen LogP contribution in [-0.4, -0.2) is 49.4 Å². The lowest BCUT2D eigenvalue weighted by atomic mass is 10.0. The standard InChI is InChI=1S/C16H20FNO4S/c1-23(20,21)13-8-11-6-7-12(9-13)18(11)16(19)10-22-15-5-3-2-4-14(15)17/h2-5,11-13H,6-10H2,1H3. The Morgan fingerprint density at radius 1 is 1.26 bits per heavy atom. The minimum atomic E-state index is -3.08. The summed E-state index contributed by atoms with van der Waals surface area (Å²) in [5, 5.41) is -0.364. The highest BCUT2D eigenvalue weighted by molar-refractivity contribution is 7.91. The Balaban J connectivity index is 1.64. The van der Waals surface area contributed by atoms with Crippen LogP contribution in [0.15, 0.2) is 24.3 Å². The molecule has 5 nitrogen and oxygen atoms in total. The van der Waals surface area contributed by atoms with Gasteiger partial charge in [-0.2, -0.15) is 0 Å². The summed E-state index contributed by atoms with van der Waals surface area (Å²) < 4.78 is 42.3. The van der Waals surface area contributed by atoms with E-state index in [1.165, 1.54) is 18.4 Å². The van der Waals surface area contributed by atoms with Gasteiger partial charge in [0.2, 0.25) is 0 Å². The molecule has 0 N–H and O–H groups in total. The van der Waals surface area contributed by atoms with E-state index in [0.29, 0.717) is 12.8 Å². The van der Waals surface area contributed by atoms with Gasteiger partial charge in [-0.15, -0.1) is 0 Å². The number of nitrogens with zero attached hydrogens (tertiary/aromatic N) is 1. The number of benzene rings is 1. The normalized spacial score (nSPS) is 27.0. The molecule has 0 aromatic heterocycles. The Hall–Kier alpha value is -1.63. The number of carbonyl (C=O) groups excluding carboxylic acids is 1. The van der Waals surface area contributed by atoms with E-state index in [1.54, 1.807) is 17.0 Å². The number of amides is 1. The van der Waals surface area contributed by atoms with Gasteiger partial charge in [0.1, 0.15) is 9.84 Å². The van der Waals surface area contributed by atoms with Gasteiger partial charge in [0.25, 0.3) is 5.91 Å². The second kappa shape index (κ2) is 6.11. The zero-order valence-electron chi connectivity index (χ0n) is 12.9. The van der Waals surface area contributed by atoms with Crippen molar-refractivity contribution in [1.82, 2.24) is 4.90 Å². The SMILES string of the molecule is CS(=O)(=O)C1CC2CCC(C1)N2C(=O)COc1ccccc1F. The van der Waals surface area contributed by atoms with Crippen molar-refractivity contribution in [3.05, 3.63) is 30.1 Å². The van der Waals surface area contributed by atoms with Crippen molar-refractivity contribution < 1.29 is 22.3 Å². The molecule has 0 radical (unpaired) electrons. The number of piperidine rings is 1. The van der Waals surface area contributed by atoms with Crippen LogP contribution in [0.2, 0.25) is 0 Å². The topological polar surface area (TPSA) is 63.7 Å². The molecule has 0 spiro atoms. The third kappa shape index (κ3) is 3.34. The van der Waals surface area contributed by atoms with E-state index in [4.69, 9.17) is 4.74 Å². The minimum Gasteiger partial charge on any atom is -0.481 e. The van der Waals surface area contributed by atoms with Gasteiger partial charge in [0.15, 0.2) is 18.2 Å². The smallest absolute Gasteiger partial charge is 0.261 e. The molecule has 2 aliphatic rings. The molecule has 126 valence electrons. The lowest BCUT2D eigenvalue weighted by Crippen LogP contribution is -2.51. The summed E-state index contributed by atoms with van der Waals surface area (Å²) in [7, 11) is -3.08. The number of ether oxygens (including phenoxy) is 1. The number of rotatable bonds is 4. The molecule has 2 bridgehead atoms. The Morgan fingerprint density at radius 3 is 2.43 bits per heavy atom. The average molecular weight is 341 g/mol. The van der Waals surface area contributed by atoms with Crippen molar-refractivity contribution in [1.29, 1.82) is 0 Å². The zero-order valence-corrected chi connectivity index (χ0v) is 13.8. The van der Waals surface area contributed by atoms with Gasteiger partial charge in [-0.3, -0.25) is 4.79 Å². The Labute approximate surface area is 135 Å². The van der Waals surface area contributed by atoms with E-state index in [2.05, 4.69) is 0 Å². The van der Waals surface area contributed by atoms with Gasteiger partial charge >= 0.3 is 0 Å². The first-order chi connectivity index (χ1) is 10.9. The highest BCUT2D eigenvalue weighted by Crippen LogP contribution is 2.38. The van der Waals surface area contributed by atoms with Crippen LogP contribution in [-0.2, 0) is 14.6 Å². The van der Waals surface area contributed by atoms with Gasteiger partial charge in [0, 0.05) is 18.3 Å². The van der Waals surface area contributed by atoms with Crippen LogP contribution >= 0.6 is 0 Å². The number of para-hydroxylation sites is 1. The van der Waals surface area contributed by atoms with Gasteiger partial charge in [-0.05, 0) is 37.8 Å². The van der Waals surface area contributed by atoms with E-state index in [-0.39, 0.29) is 35.6 Å². The Bertz CT molecular complexity index is 692. The van der Waals surface area contributed by atoms with Crippen LogP contribution in [0, 0.1) is 5.82 Å². The lowest BCUT2D eigenvalue weighted by molar-refractivity contribution is -0.137. The third-order valence-corrected chi connectivity index (χ3v) is 6.37. The highest BCUT2D eigenvalue weighted by Gasteiger charge is 2.45. The fourth-order valence-electron chi connectivity index (χ4n) is 3.66. The van der Waals surface area contributed by atoms with Gasteiger partial charge < -0.3 is 9.64 Å². The Kier molecular flexibility index (Phi) is 4.31.